The van der Waals surface area contributed by atoms with Crippen molar-refractivity contribution in [1.82, 2.24) is 0 Å². The molecule has 0 fully saturated rings. The van der Waals surface area contributed by atoms with Crippen molar-refractivity contribution in [2.45, 2.75) is 19.3 Å². The van der Waals surface area contributed by atoms with Crippen LogP contribution in [0.15, 0.2) is 0 Å². The fourth-order valence-corrected chi connectivity index (χ4v) is 0.988. The second-order valence-corrected chi connectivity index (χ2v) is 2.97. The number of hydrogen-bond donors (Lipinski definition) is 1. The van der Waals surface area contributed by atoms with Gasteiger partial charge in [0.25, 0.3) is 0 Å². The molecule has 0 saturated heterocycles. The Balaban J connectivity index is 3.14. The van der Waals surface area contributed by atoms with E-state index in [1.54, 1.807) is 0 Å². The van der Waals surface area contributed by atoms with Crippen molar-refractivity contribution in [3.63, 3.8) is 0 Å². The summed E-state index contributed by atoms with van der Waals surface area (Å²) in [5.74, 6) is 4.11. The van der Waals surface area contributed by atoms with Gasteiger partial charge in [0.1, 0.15) is 0 Å². The van der Waals surface area contributed by atoms with Gasteiger partial charge in [0.15, 0.2) is 0 Å². The Hall–Kier alpha value is -0.460. The first kappa shape index (κ1) is 10.5. The van der Waals surface area contributed by atoms with Crippen LogP contribution in [0.4, 0.5) is 0 Å². The van der Waals surface area contributed by atoms with Crippen molar-refractivity contribution < 1.29 is 18.4 Å². The van der Waals surface area contributed by atoms with Crippen LogP contribution in [-0.2, 0) is 20.7 Å². The minimum atomic E-state index is -2.02. The normalized spacial score (nSPS) is 12.5. The molecule has 0 aromatic heterocycles. The number of rotatable bonds is 5. The maximum absolute atomic E-state index is 10.4. The SMILES string of the molecule is NOC(=O)CCCCS(=O)[O-]. The summed E-state index contributed by atoms with van der Waals surface area (Å²) in [5, 5.41) is 0. The standard InChI is InChI=1S/C5H11NO4S/c6-10-5(7)3-1-2-4-11(8)9/h1-4,6H2,(H,8,9)/p-1. The molecule has 1 atom stereocenters. The van der Waals surface area contributed by atoms with E-state index in [0.29, 0.717) is 12.8 Å². The summed E-state index contributed by atoms with van der Waals surface area (Å²) in [6.07, 6.45) is 1.13. The Morgan fingerprint density at radius 1 is 1.55 bits per heavy atom. The Morgan fingerprint density at radius 3 is 2.64 bits per heavy atom. The lowest BCUT2D eigenvalue weighted by Gasteiger charge is -2.02. The summed E-state index contributed by atoms with van der Waals surface area (Å²) >= 11 is -2.02. The molecule has 0 aromatic rings. The summed E-state index contributed by atoms with van der Waals surface area (Å²) in [5.41, 5.74) is 0. The second-order valence-electron chi connectivity index (χ2n) is 1.95. The Kier molecular flexibility index (Phi) is 6.00. The van der Waals surface area contributed by atoms with E-state index in [4.69, 9.17) is 0 Å². The highest BCUT2D eigenvalue weighted by molar-refractivity contribution is 7.79. The van der Waals surface area contributed by atoms with Crippen molar-refractivity contribution in [2.24, 2.45) is 5.90 Å². The highest BCUT2D eigenvalue weighted by atomic mass is 32.2. The van der Waals surface area contributed by atoms with Crippen LogP contribution in [0.1, 0.15) is 19.3 Å². The average Bonchev–Trinajstić information content (AvgIpc) is 1.97. The zero-order valence-electron chi connectivity index (χ0n) is 5.95. The molecule has 2 N–H and O–H groups in total. The van der Waals surface area contributed by atoms with E-state index < -0.39 is 17.0 Å². The number of nitrogens with two attached hydrogens (primary N) is 1. The van der Waals surface area contributed by atoms with Crippen molar-refractivity contribution in [3.05, 3.63) is 0 Å². The molecule has 6 heteroatoms. The highest BCUT2D eigenvalue weighted by Crippen LogP contribution is 1.96. The van der Waals surface area contributed by atoms with Crippen LogP contribution >= 0.6 is 0 Å². The first-order chi connectivity index (χ1) is 5.16. The van der Waals surface area contributed by atoms with Gasteiger partial charge in [-0.2, -0.15) is 5.90 Å². The topological polar surface area (TPSA) is 92.5 Å². The Morgan fingerprint density at radius 2 is 2.18 bits per heavy atom. The number of hydrogen-bond acceptors (Lipinski definition) is 5. The van der Waals surface area contributed by atoms with Crippen molar-refractivity contribution >= 4 is 17.0 Å². The molecule has 0 aliphatic heterocycles. The maximum Gasteiger partial charge on any atom is 0.324 e. The minimum Gasteiger partial charge on any atom is -0.772 e. The molecule has 0 aliphatic rings. The van der Waals surface area contributed by atoms with Crippen LogP contribution < -0.4 is 5.90 Å². The zero-order chi connectivity index (χ0) is 8.69. The highest BCUT2D eigenvalue weighted by Gasteiger charge is 1.98. The van der Waals surface area contributed by atoms with Gasteiger partial charge in [-0.3, -0.25) is 9.00 Å². The first-order valence-corrected chi connectivity index (χ1v) is 4.36. The van der Waals surface area contributed by atoms with Gasteiger partial charge in [-0.25, -0.2) is 0 Å². The van der Waals surface area contributed by atoms with Gasteiger partial charge in [0, 0.05) is 12.2 Å². The fourth-order valence-electron chi connectivity index (χ4n) is 0.548. The first-order valence-electron chi connectivity index (χ1n) is 3.12. The minimum absolute atomic E-state index is 0.0812. The monoisotopic (exact) mass is 180 g/mol. The number of carbonyl (C=O) groups excluding carboxylic acids is 1. The maximum atomic E-state index is 10.4. The summed E-state index contributed by atoms with van der Waals surface area (Å²) in [4.78, 5) is 14.2. The van der Waals surface area contributed by atoms with Crippen molar-refractivity contribution in [2.75, 3.05) is 5.75 Å². The predicted octanol–water partition coefficient (Wildman–Crippen LogP) is -0.547. The van der Waals surface area contributed by atoms with E-state index in [-0.39, 0.29) is 12.2 Å². The lowest BCUT2D eigenvalue weighted by atomic mass is 10.2. The van der Waals surface area contributed by atoms with Gasteiger partial charge in [-0.15, -0.1) is 0 Å². The van der Waals surface area contributed by atoms with E-state index in [1.807, 2.05) is 0 Å². The van der Waals surface area contributed by atoms with Crippen LogP contribution in [0.2, 0.25) is 0 Å². The lowest BCUT2D eigenvalue weighted by Crippen LogP contribution is -2.09. The molecule has 0 radical (unpaired) electrons. The van der Waals surface area contributed by atoms with E-state index in [9.17, 15) is 13.6 Å². The average molecular weight is 180 g/mol. The van der Waals surface area contributed by atoms with E-state index in [1.165, 1.54) is 0 Å². The third kappa shape index (κ3) is 7.44. The van der Waals surface area contributed by atoms with E-state index in [0.717, 1.165) is 0 Å². The van der Waals surface area contributed by atoms with Crippen LogP contribution in [0.5, 0.6) is 0 Å². The van der Waals surface area contributed by atoms with Crippen LogP contribution in [0, 0.1) is 0 Å². The fraction of sp³-hybridized carbons (Fsp3) is 0.800. The predicted molar refractivity (Wildman–Crippen MR) is 37.9 cm³/mol. The van der Waals surface area contributed by atoms with Crippen molar-refractivity contribution in [3.8, 4) is 0 Å². The molecule has 0 saturated carbocycles. The number of unbranched alkanes of at least 4 members (excludes halogenated alkanes) is 1. The molecule has 0 amide bonds. The largest absolute Gasteiger partial charge is 0.772 e. The number of carbonyl (C=O) groups is 1. The van der Waals surface area contributed by atoms with Gasteiger partial charge in [-0.1, -0.05) is 11.1 Å². The molecule has 11 heavy (non-hydrogen) atoms. The summed E-state index contributed by atoms with van der Waals surface area (Å²) in [6.45, 7) is 0. The molecular formula is C5H10NO4S-. The Bertz CT molecular complexity index is 149. The smallest absolute Gasteiger partial charge is 0.324 e. The molecule has 5 nitrogen and oxygen atoms in total. The Labute approximate surface area is 67.1 Å². The molecule has 1 unspecified atom stereocenters. The molecule has 66 valence electrons. The summed E-state index contributed by atoms with van der Waals surface area (Å²) in [6, 6.07) is 0. The summed E-state index contributed by atoms with van der Waals surface area (Å²) in [7, 11) is 0. The van der Waals surface area contributed by atoms with Gasteiger partial charge >= 0.3 is 5.97 Å². The lowest BCUT2D eigenvalue weighted by molar-refractivity contribution is -0.144. The molecule has 0 spiro atoms. The van der Waals surface area contributed by atoms with E-state index in [2.05, 4.69) is 10.7 Å². The zero-order valence-corrected chi connectivity index (χ0v) is 6.76. The van der Waals surface area contributed by atoms with Crippen LogP contribution in [-0.4, -0.2) is 20.5 Å². The van der Waals surface area contributed by atoms with Gasteiger partial charge in [0.2, 0.25) is 0 Å². The van der Waals surface area contributed by atoms with Crippen LogP contribution in [0.25, 0.3) is 0 Å². The molecular weight excluding hydrogens is 170 g/mol. The van der Waals surface area contributed by atoms with Crippen LogP contribution in [0.3, 0.4) is 0 Å². The van der Waals surface area contributed by atoms with E-state index >= 15 is 0 Å². The third-order valence-electron chi connectivity index (χ3n) is 1.07. The third-order valence-corrected chi connectivity index (χ3v) is 1.70. The molecule has 0 aromatic carbocycles. The van der Waals surface area contributed by atoms with Gasteiger partial charge in [0.05, 0.1) is 0 Å². The van der Waals surface area contributed by atoms with Crippen molar-refractivity contribution in [1.29, 1.82) is 0 Å². The molecule has 0 rings (SSSR count). The summed E-state index contributed by atoms with van der Waals surface area (Å²) < 4.78 is 19.9. The molecule has 0 heterocycles. The second kappa shape index (κ2) is 6.26. The quantitative estimate of drug-likeness (QED) is 0.348. The molecule has 0 bridgehead atoms. The molecule has 0 aliphatic carbocycles. The van der Waals surface area contributed by atoms with Gasteiger partial charge in [-0.05, 0) is 12.8 Å². The van der Waals surface area contributed by atoms with Gasteiger partial charge < -0.3 is 9.39 Å².